The first-order valence-corrected chi connectivity index (χ1v) is 9.62. The summed E-state index contributed by atoms with van der Waals surface area (Å²) in [4.78, 5) is 10.1. The van der Waals surface area contributed by atoms with Crippen molar-refractivity contribution in [1.82, 2.24) is 19.7 Å². The first-order chi connectivity index (χ1) is 12.7. The van der Waals surface area contributed by atoms with Crippen LogP contribution in [0.1, 0.15) is 11.5 Å². The van der Waals surface area contributed by atoms with Crippen LogP contribution < -0.4 is 0 Å². The predicted molar refractivity (Wildman–Crippen MR) is 101 cm³/mol. The van der Waals surface area contributed by atoms with E-state index in [2.05, 4.69) is 37.2 Å². The largest absolute Gasteiger partial charge is 0.338 e. The molecule has 128 valence electrons. The van der Waals surface area contributed by atoms with Crippen LogP contribution in [0.4, 0.5) is 0 Å². The van der Waals surface area contributed by atoms with Gasteiger partial charge in [0.1, 0.15) is 0 Å². The second kappa shape index (κ2) is 7.15. The van der Waals surface area contributed by atoms with Gasteiger partial charge in [-0.25, -0.2) is 4.98 Å². The molecule has 0 amide bonds. The molecule has 0 aliphatic rings. The lowest BCUT2D eigenvalue weighted by molar-refractivity contribution is 0.391. The molecule has 1 aromatic carbocycles. The van der Waals surface area contributed by atoms with E-state index in [1.807, 2.05) is 25.4 Å². The van der Waals surface area contributed by atoms with Crippen molar-refractivity contribution in [3.05, 3.63) is 59.4 Å². The van der Waals surface area contributed by atoms with Gasteiger partial charge in [0.25, 0.3) is 0 Å². The van der Waals surface area contributed by atoms with Crippen LogP contribution in [0.5, 0.6) is 0 Å². The summed E-state index contributed by atoms with van der Waals surface area (Å²) in [6.07, 6.45) is 1.88. The molecule has 26 heavy (non-hydrogen) atoms. The van der Waals surface area contributed by atoms with E-state index in [1.165, 1.54) is 4.88 Å². The molecular formula is C18H13N5OS2. The van der Waals surface area contributed by atoms with Gasteiger partial charge < -0.3 is 9.09 Å². The maximum absolute atomic E-state index is 8.99. The molecule has 3 aromatic heterocycles. The van der Waals surface area contributed by atoms with Gasteiger partial charge in [-0.15, -0.1) is 11.3 Å². The van der Waals surface area contributed by atoms with E-state index in [0.717, 1.165) is 16.4 Å². The third-order valence-electron chi connectivity index (χ3n) is 3.76. The first-order valence-electron chi connectivity index (χ1n) is 7.76. The van der Waals surface area contributed by atoms with Gasteiger partial charge in [-0.2, -0.15) is 10.2 Å². The second-order valence-electron chi connectivity index (χ2n) is 5.46. The average molecular weight is 379 g/mol. The third-order valence-corrected chi connectivity index (χ3v) is 5.68. The van der Waals surface area contributed by atoms with Crippen molar-refractivity contribution in [2.45, 2.75) is 10.9 Å². The SMILES string of the molecule is Cn1c(-c2cccs2)cnc1SCc1nc(-c2cccc(C#N)c2)no1. The van der Waals surface area contributed by atoms with E-state index >= 15 is 0 Å². The highest BCUT2D eigenvalue weighted by molar-refractivity contribution is 7.98. The molecule has 0 unspecified atom stereocenters. The van der Waals surface area contributed by atoms with Crippen molar-refractivity contribution in [3.8, 4) is 28.0 Å². The van der Waals surface area contributed by atoms with Crippen LogP contribution >= 0.6 is 23.1 Å². The van der Waals surface area contributed by atoms with Crippen LogP contribution in [0.25, 0.3) is 22.0 Å². The summed E-state index contributed by atoms with van der Waals surface area (Å²) in [5.74, 6) is 1.53. The summed E-state index contributed by atoms with van der Waals surface area (Å²) < 4.78 is 7.39. The maximum atomic E-state index is 8.99. The number of thioether (sulfide) groups is 1. The van der Waals surface area contributed by atoms with E-state index in [9.17, 15) is 0 Å². The highest BCUT2D eigenvalue weighted by atomic mass is 32.2. The smallest absolute Gasteiger partial charge is 0.237 e. The number of aromatic nitrogens is 4. The van der Waals surface area contributed by atoms with Crippen LogP contribution in [0.15, 0.2) is 57.7 Å². The Balaban J connectivity index is 1.48. The molecule has 3 heterocycles. The zero-order valence-corrected chi connectivity index (χ0v) is 15.4. The minimum absolute atomic E-state index is 0.483. The molecule has 0 spiro atoms. The Hall–Kier alpha value is -2.89. The van der Waals surface area contributed by atoms with E-state index in [-0.39, 0.29) is 0 Å². The van der Waals surface area contributed by atoms with E-state index in [0.29, 0.717) is 23.0 Å². The molecule has 0 saturated heterocycles. The number of hydrogen-bond donors (Lipinski definition) is 0. The lowest BCUT2D eigenvalue weighted by Crippen LogP contribution is -1.93. The summed E-state index contributed by atoms with van der Waals surface area (Å²) in [5.41, 5.74) is 2.42. The predicted octanol–water partition coefficient (Wildman–Crippen LogP) is 4.36. The summed E-state index contributed by atoms with van der Waals surface area (Å²) in [7, 11) is 2.00. The van der Waals surface area contributed by atoms with Crippen molar-refractivity contribution in [2.75, 3.05) is 0 Å². The lowest BCUT2D eigenvalue weighted by Gasteiger charge is -2.02. The molecule has 4 rings (SSSR count). The molecule has 0 aliphatic heterocycles. The van der Waals surface area contributed by atoms with Crippen molar-refractivity contribution in [1.29, 1.82) is 5.26 Å². The van der Waals surface area contributed by atoms with E-state index < -0.39 is 0 Å². The summed E-state index contributed by atoms with van der Waals surface area (Å²) in [6, 6.07) is 13.4. The molecule has 0 N–H and O–H groups in total. The lowest BCUT2D eigenvalue weighted by atomic mass is 10.1. The van der Waals surface area contributed by atoms with E-state index in [4.69, 9.17) is 9.78 Å². The quantitative estimate of drug-likeness (QED) is 0.479. The molecule has 0 aliphatic carbocycles. The summed E-state index contributed by atoms with van der Waals surface area (Å²) in [5, 5.41) is 15.9. The van der Waals surface area contributed by atoms with Crippen molar-refractivity contribution < 1.29 is 4.52 Å². The summed E-state index contributed by atoms with van der Waals surface area (Å²) in [6.45, 7) is 0. The number of rotatable bonds is 5. The van der Waals surface area contributed by atoms with Gasteiger partial charge in [0.15, 0.2) is 5.16 Å². The fraction of sp³-hybridized carbons (Fsp3) is 0.111. The van der Waals surface area contributed by atoms with Crippen LogP contribution in [0, 0.1) is 11.3 Å². The molecule has 6 nitrogen and oxygen atoms in total. The maximum Gasteiger partial charge on any atom is 0.237 e. The molecule has 0 fully saturated rings. The zero-order valence-electron chi connectivity index (χ0n) is 13.8. The van der Waals surface area contributed by atoms with Gasteiger partial charge >= 0.3 is 0 Å². The molecule has 0 radical (unpaired) electrons. The molecule has 8 heteroatoms. The van der Waals surface area contributed by atoms with Gasteiger partial charge in [0.2, 0.25) is 11.7 Å². The van der Waals surface area contributed by atoms with Gasteiger partial charge in [0, 0.05) is 12.6 Å². The Labute approximate surface area is 158 Å². The molecule has 0 bridgehead atoms. The fourth-order valence-corrected chi connectivity index (χ4v) is 4.03. The highest BCUT2D eigenvalue weighted by Crippen LogP contribution is 2.29. The van der Waals surface area contributed by atoms with Crippen molar-refractivity contribution in [3.63, 3.8) is 0 Å². The minimum Gasteiger partial charge on any atom is -0.338 e. The standard InChI is InChI=1S/C18H13N5OS2/c1-23-14(15-6-3-7-25-15)10-20-18(23)26-11-16-21-17(22-24-16)13-5-2-4-12(8-13)9-19/h2-8,10H,11H2,1H3. The fourth-order valence-electron chi connectivity index (χ4n) is 2.46. The summed E-state index contributed by atoms with van der Waals surface area (Å²) >= 11 is 3.23. The normalized spacial score (nSPS) is 10.8. The van der Waals surface area contributed by atoms with Crippen LogP contribution in [0.2, 0.25) is 0 Å². The molecular weight excluding hydrogens is 366 g/mol. The Bertz CT molecular complexity index is 1080. The number of thiophene rings is 1. The van der Waals surface area contributed by atoms with Crippen molar-refractivity contribution >= 4 is 23.1 Å². The molecule has 0 saturated carbocycles. The zero-order chi connectivity index (χ0) is 17.9. The van der Waals surface area contributed by atoms with Crippen molar-refractivity contribution in [2.24, 2.45) is 7.05 Å². The first kappa shape index (κ1) is 16.6. The molecule has 4 aromatic rings. The second-order valence-corrected chi connectivity index (χ2v) is 7.35. The topological polar surface area (TPSA) is 80.5 Å². The van der Waals surface area contributed by atoms with Gasteiger partial charge in [-0.05, 0) is 23.6 Å². The van der Waals surface area contributed by atoms with Crippen LogP contribution in [0.3, 0.4) is 0 Å². The Morgan fingerprint density at radius 3 is 3.04 bits per heavy atom. The van der Waals surface area contributed by atoms with E-state index in [1.54, 1.807) is 41.3 Å². The van der Waals surface area contributed by atoms with Gasteiger partial charge in [0.05, 0.1) is 34.2 Å². The van der Waals surface area contributed by atoms with Gasteiger partial charge in [-0.3, -0.25) is 0 Å². The van der Waals surface area contributed by atoms with Gasteiger partial charge in [-0.1, -0.05) is 35.1 Å². The Morgan fingerprint density at radius 1 is 1.31 bits per heavy atom. The minimum atomic E-state index is 0.483. The molecule has 0 atom stereocenters. The van der Waals surface area contributed by atoms with Crippen LogP contribution in [-0.4, -0.2) is 19.7 Å². The number of nitrogens with zero attached hydrogens (tertiary/aromatic N) is 5. The Kier molecular flexibility index (Phi) is 4.56. The Morgan fingerprint density at radius 2 is 2.23 bits per heavy atom. The monoisotopic (exact) mass is 379 g/mol. The number of hydrogen-bond acceptors (Lipinski definition) is 7. The van der Waals surface area contributed by atoms with Crippen LogP contribution in [-0.2, 0) is 12.8 Å². The number of nitriles is 1. The highest BCUT2D eigenvalue weighted by Gasteiger charge is 2.13. The number of benzene rings is 1. The third kappa shape index (κ3) is 3.27. The average Bonchev–Trinajstić information content (AvgIpc) is 3.41. The number of imidazole rings is 1.